The fourth-order valence-electron chi connectivity index (χ4n) is 2.24. The van der Waals surface area contributed by atoms with Gasteiger partial charge in [-0.3, -0.25) is 9.59 Å². The van der Waals surface area contributed by atoms with Crippen molar-refractivity contribution in [2.75, 3.05) is 19.0 Å². The van der Waals surface area contributed by atoms with Crippen molar-refractivity contribution in [2.45, 2.75) is 0 Å². The van der Waals surface area contributed by atoms with E-state index in [-0.39, 0.29) is 18.1 Å². The van der Waals surface area contributed by atoms with Crippen LogP contribution < -0.4 is 20.3 Å². The number of H-pyrrole nitrogens is 1. The van der Waals surface area contributed by atoms with E-state index in [4.69, 9.17) is 9.47 Å². The lowest BCUT2D eigenvalue weighted by Crippen LogP contribution is -2.20. The van der Waals surface area contributed by atoms with E-state index >= 15 is 0 Å². The highest BCUT2D eigenvalue weighted by Gasteiger charge is 2.05. The van der Waals surface area contributed by atoms with Crippen LogP contribution in [-0.4, -0.2) is 24.6 Å². The Morgan fingerprint density at radius 2 is 1.75 bits per heavy atom. The number of pyridine rings is 1. The summed E-state index contributed by atoms with van der Waals surface area (Å²) in [5.74, 6) is 0.949. The number of aromatic nitrogens is 1. The van der Waals surface area contributed by atoms with Gasteiger partial charge in [-0.15, -0.1) is 0 Å². The first-order valence-electron chi connectivity index (χ1n) is 7.34. The Bertz CT molecular complexity index is 916. The molecule has 2 aromatic carbocycles. The topological polar surface area (TPSA) is 80.4 Å². The molecule has 24 heavy (non-hydrogen) atoms. The van der Waals surface area contributed by atoms with Gasteiger partial charge in [-0.05, 0) is 47.9 Å². The second-order valence-corrected chi connectivity index (χ2v) is 5.14. The molecule has 1 heterocycles. The van der Waals surface area contributed by atoms with E-state index in [0.717, 1.165) is 11.1 Å². The number of anilines is 1. The summed E-state index contributed by atoms with van der Waals surface area (Å²) < 4.78 is 10.5. The molecule has 0 fully saturated rings. The van der Waals surface area contributed by atoms with Crippen molar-refractivity contribution < 1.29 is 14.3 Å². The van der Waals surface area contributed by atoms with Crippen molar-refractivity contribution in [1.82, 2.24) is 4.98 Å². The van der Waals surface area contributed by atoms with Crippen LogP contribution in [0.5, 0.6) is 11.5 Å². The Kier molecular flexibility index (Phi) is 4.47. The van der Waals surface area contributed by atoms with Gasteiger partial charge in [0.1, 0.15) is 11.5 Å². The summed E-state index contributed by atoms with van der Waals surface area (Å²) in [6.07, 6.45) is 0. The highest BCUT2D eigenvalue weighted by Crippen LogP contribution is 2.18. The van der Waals surface area contributed by atoms with Crippen molar-refractivity contribution in [3.8, 4) is 11.5 Å². The minimum Gasteiger partial charge on any atom is -0.497 e. The summed E-state index contributed by atoms with van der Waals surface area (Å²) in [6, 6.07) is 15.5. The van der Waals surface area contributed by atoms with E-state index in [1.165, 1.54) is 6.07 Å². The number of benzene rings is 2. The van der Waals surface area contributed by atoms with Gasteiger partial charge in [0.25, 0.3) is 5.91 Å². The van der Waals surface area contributed by atoms with Gasteiger partial charge in [-0.25, -0.2) is 0 Å². The first-order chi connectivity index (χ1) is 11.6. The molecule has 3 aromatic rings. The molecule has 0 radical (unpaired) electrons. The van der Waals surface area contributed by atoms with E-state index in [9.17, 15) is 9.59 Å². The Morgan fingerprint density at radius 1 is 1.04 bits per heavy atom. The van der Waals surface area contributed by atoms with Crippen molar-refractivity contribution in [3.63, 3.8) is 0 Å². The number of amides is 1. The van der Waals surface area contributed by atoms with E-state index < -0.39 is 0 Å². The predicted octanol–water partition coefficient (Wildman–Crippen LogP) is 2.55. The van der Waals surface area contributed by atoms with E-state index in [1.807, 2.05) is 6.07 Å². The normalized spacial score (nSPS) is 10.4. The second kappa shape index (κ2) is 6.87. The van der Waals surface area contributed by atoms with Gasteiger partial charge in [0.05, 0.1) is 12.6 Å². The van der Waals surface area contributed by atoms with Crippen LogP contribution in [0.4, 0.5) is 5.69 Å². The van der Waals surface area contributed by atoms with Crippen LogP contribution in [0.3, 0.4) is 0 Å². The number of carbonyl (C=O) groups is 1. The quantitative estimate of drug-likeness (QED) is 0.756. The van der Waals surface area contributed by atoms with Crippen LogP contribution in [0.25, 0.3) is 10.9 Å². The van der Waals surface area contributed by atoms with Crippen LogP contribution in [0.2, 0.25) is 0 Å². The molecule has 6 heteroatoms. The molecule has 0 saturated carbocycles. The average molecular weight is 324 g/mol. The first kappa shape index (κ1) is 15.6. The lowest BCUT2D eigenvalue weighted by atomic mass is 10.2. The summed E-state index contributed by atoms with van der Waals surface area (Å²) in [4.78, 5) is 26.0. The minimum atomic E-state index is -0.276. The minimum absolute atomic E-state index is 0.130. The van der Waals surface area contributed by atoms with Crippen molar-refractivity contribution in [2.24, 2.45) is 0 Å². The molecule has 0 unspecified atom stereocenters. The number of aromatic amines is 1. The first-order valence-corrected chi connectivity index (χ1v) is 7.34. The Balaban J connectivity index is 1.62. The fraction of sp³-hybridized carbons (Fsp3) is 0.111. The highest BCUT2D eigenvalue weighted by molar-refractivity contribution is 5.92. The van der Waals surface area contributed by atoms with E-state index in [1.54, 1.807) is 49.6 Å². The lowest BCUT2D eigenvalue weighted by molar-refractivity contribution is -0.118. The van der Waals surface area contributed by atoms with Gasteiger partial charge < -0.3 is 19.8 Å². The number of ether oxygens (including phenoxy) is 2. The molecule has 3 rings (SSSR count). The molecule has 2 N–H and O–H groups in total. The molecule has 0 bridgehead atoms. The summed E-state index contributed by atoms with van der Waals surface area (Å²) in [7, 11) is 1.58. The molecule has 0 atom stereocenters. The fourth-order valence-corrected chi connectivity index (χ4v) is 2.24. The average Bonchev–Trinajstić information content (AvgIpc) is 2.60. The Hall–Kier alpha value is -3.28. The van der Waals surface area contributed by atoms with Crippen molar-refractivity contribution in [3.05, 3.63) is 65.0 Å². The van der Waals surface area contributed by atoms with Crippen LogP contribution in [0.15, 0.2) is 59.4 Å². The summed E-state index contributed by atoms with van der Waals surface area (Å²) in [5, 5.41) is 3.63. The number of rotatable bonds is 5. The molecular weight excluding hydrogens is 308 g/mol. The Labute approximate surface area is 138 Å². The SMILES string of the molecule is COc1ccc(NC(=O)COc2ccc3ccc(=O)[nH]c3c2)cc1. The van der Waals surface area contributed by atoms with Gasteiger partial charge in [-0.2, -0.15) is 0 Å². The van der Waals surface area contributed by atoms with Crippen molar-refractivity contribution >= 4 is 22.5 Å². The molecule has 122 valence electrons. The molecule has 0 aliphatic rings. The standard InChI is InChI=1S/C18H16N2O4/c1-23-14-7-4-13(5-8-14)19-18(22)11-24-15-6-2-12-3-9-17(21)20-16(12)10-15/h2-10H,11H2,1H3,(H,19,22)(H,20,21). The summed E-state index contributed by atoms with van der Waals surface area (Å²) >= 11 is 0. The number of fused-ring (bicyclic) bond motifs is 1. The lowest BCUT2D eigenvalue weighted by Gasteiger charge is -2.09. The third-order valence-corrected chi connectivity index (χ3v) is 3.44. The zero-order valence-electron chi connectivity index (χ0n) is 13.0. The molecule has 0 aliphatic carbocycles. The predicted molar refractivity (Wildman–Crippen MR) is 91.7 cm³/mol. The Morgan fingerprint density at radius 3 is 2.50 bits per heavy atom. The van der Waals surface area contributed by atoms with E-state index in [0.29, 0.717) is 17.0 Å². The maximum Gasteiger partial charge on any atom is 0.262 e. The molecule has 1 amide bonds. The number of hydrogen-bond acceptors (Lipinski definition) is 4. The van der Waals surface area contributed by atoms with Crippen LogP contribution in [-0.2, 0) is 4.79 Å². The molecule has 0 aliphatic heterocycles. The molecule has 0 spiro atoms. The van der Waals surface area contributed by atoms with Crippen LogP contribution in [0, 0.1) is 0 Å². The van der Waals surface area contributed by atoms with E-state index in [2.05, 4.69) is 10.3 Å². The molecule has 1 aromatic heterocycles. The van der Waals surface area contributed by atoms with Crippen molar-refractivity contribution in [1.29, 1.82) is 0 Å². The number of methoxy groups -OCH3 is 1. The smallest absolute Gasteiger partial charge is 0.262 e. The van der Waals surface area contributed by atoms with Gasteiger partial charge in [0.15, 0.2) is 6.61 Å². The summed E-state index contributed by atoms with van der Waals surface area (Å²) in [5.41, 5.74) is 1.14. The molecule has 0 saturated heterocycles. The molecule has 6 nitrogen and oxygen atoms in total. The van der Waals surface area contributed by atoms with Gasteiger partial charge in [0.2, 0.25) is 5.56 Å². The summed E-state index contributed by atoms with van der Waals surface area (Å²) in [6.45, 7) is -0.130. The zero-order chi connectivity index (χ0) is 16.9. The number of hydrogen-bond donors (Lipinski definition) is 2. The number of nitrogens with one attached hydrogen (secondary N) is 2. The molecular formula is C18H16N2O4. The van der Waals surface area contributed by atoms with Gasteiger partial charge >= 0.3 is 0 Å². The zero-order valence-corrected chi connectivity index (χ0v) is 13.0. The van der Waals surface area contributed by atoms with Gasteiger partial charge in [0, 0.05) is 17.8 Å². The third-order valence-electron chi connectivity index (χ3n) is 3.44. The van der Waals surface area contributed by atoms with Crippen LogP contribution >= 0.6 is 0 Å². The maximum absolute atomic E-state index is 11.9. The van der Waals surface area contributed by atoms with Crippen LogP contribution in [0.1, 0.15) is 0 Å². The van der Waals surface area contributed by atoms with Gasteiger partial charge in [-0.1, -0.05) is 0 Å². The second-order valence-electron chi connectivity index (χ2n) is 5.14. The number of carbonyl (C=O) groups excluding carboxylic acids is 1. The highest BCUT2D eigenvalue weighted by atomic mass is 16.5. The maximum atomic E-state index is 11.9. The monoisotopic (exact) mass is 324 g/mol. The third kappa shape index (κ3) is 3.73. The largest absolute Gasteiger partial charge is 0.497 e.